The molecule has 0 amide bonds. The smallest absolute Gasteiger partial charge is 0.428 e. The van der Waals surface area contributed by atoms with Crippen molar-refractivity contribution in [3.8, 4) is 0 Å². The van der Waals surface area contributed by atoms with Gasteiger partial charge in [0.15, 0.2) is 0 Å². The van der Waals surface area contributed by atoms with Crippen LogP contribution in [0.15, 0.2) is 25.3 Å². The monoisotopic (exact) mass is 286 g/mol. The van der Waals surface area contributed by atoms with Crippen LogP contribution in [-0.4, -0.2) is 82.7 Å². The molecule has 5 heteroatoms. The van der Waals surface area contributed by atoms with Gasteiger partial charge in [-0.1, -0.05) is 13.2 Å². The van der Waals surface area contributed by atoms with Crippen molar-refractivity contribution in [1.82, 2.24) is 0 Å². The third kappa shape index (κ3) is 9.58. The van der Waals surface area contributed by atoms with Crippen LogP contribution >= 0.6 is 0 Å². The molecular formula is C15H30N2O3+2. The zero-order valence-corrected chi connectivity index (χ0v) is 13.4. The first-order chi connectivity index (χ1) is 9.22. The summed E-state index contributed by atoms with van der Waals surface area (Å²) >= 11 is 0. The lowest BCUT2D eigenvalue weighted by Gasteiger charge is -2.28. The van der Waals surface area contributed by atoms with Crippen molar-refractivity contribution in [2.24, 2.45) is 0 Å². The molecule has 0 heterocycles. The van der Waals surface area contributed by atoms with Crippen LogP contribution in [-0.2, 0) is 9.47 Å². The Morgan fingerprint density at radius 1 is 0.900 bits per heavy atom. The van der Waals surface area contributed by atoms with E-state index in [9.17, 15) is 4.79 Å². The van der Waals surface area contributed by atoms with Crippen LogP contribution in [0.2, 0.25) is 0 Å². The van der Waals surface area contributed by atoms with Gasteiger partial charge >= 0.3 is 6.16 Å². The Labute approximate surface area is 123 Å². The molecule has 0 aromatic heterocycles. The average Bonchev–Trinajstić information content (AvgIpc) is 2.27. The number of hydrogen-bond acceptors (Lipinski definition) is 3. The highest BCUT2D eigenvalue weighted by Gasteiger charge is 2.16. The maximum absolute atomic E-state index is 11.4. The molecule has 0 aliphatic rings. The summed E-state index contributed by atoms with van der Waals surface area (Å²) in [4.78, 5) is 11.4. The lowest BCUT2D eigenvalue weighted by Crippen LogP contribution is -2.43. The Balaban J connectivity index is 3.80. The van der Waals surface area contributed by atoms with Crippen LogP contribution in [0.1, 0.15) is 0 Å². The van der Waals surface area contributed by atoms with Crippen LogP contribution in [0.3, 0.4) is 0 Å². The van der Waals surface area contributed by atoms with Gasteiger partial charge in [0.25, 0.3) is 0 Å². The second-order valence-corrected chi connectivity index (χ2v) is 6.21. The summed E-state index contributed by atoms with van der Waals surface area (Å²) in [6, 6.07) is 0. The Hall–Kier alpha value is -1.33. The van der Waals surface area contributed by atoms with Gasteiger partial charge in [0.2, 0.25) is 0 Å². The standard InChI is InChI=1S/C15H30N2O3/c1-7-9-16(3,4)11-13-19-15(18)20-14-12-17(5,6)10-8-2/h7-8H,1-2,9-14H2,3-6H3/q+2. The van der Waals surface area contributed by atoms with Crippen LogP contribution in [0.4, 0.5) is 4.79 Å². The summed E-state index contributed by atoms with van der Waals surface area (Å²) < 4.78 is 11.6. The topological polar surface area (TPSA) is 35.5 Å². The number of likely N-dealkylation sites (N-methyl/N-ethyl adjacent to an activating group) is 2. The van der Waals surface area contributed by atoms with Crippen LogP contribution < -0.4 is 0 Å². The Morgan fingerprint density at radius 2 is 1.25 bits per heavy atom. The predicted molar refractivity (Wildman–Crippen MR) is 81.4 cm³/mol. The van der Waals surface area contributed by atoms with Crippen LogP contribution in [0.25, 0.3) is 0 Å². The summed E-state index contributed by atoms with van der Waals surface area (Å²) in [5.74, 6) is 0. The van der Waals surface area contributed by atoms with Gasteiger partial charge in [0.05, 0.1) is 41.3 Å². The number of carbonyl (C=O) groups is 1. The molecule has 0 saturated carbocycles. The molecule has 0 rings (SSSR count). The predicted octanol–water partition coefficient (Wildman–Crippen LogP) is 1.66. The molecule has 0 N–H and O–H groups in total. The molecule has 0 unspecified atom stereocenters. The van der Waals surface area contributed by atoms with Crippen LogP contribution in [0, 0.1) is 0 Å². The van der Waals surface area contributed by atoms with Gasteiger partial charge in [-0.25, -0.2) is 4.79 Å². The fraction of sp³-hybridized carbons (Fsp3) is 0.667. The maximum atomic E-state index is 11.4. The van der Waals surface area contributed by atoms with E-state index >= 15 is 0 Å². The molecule has 0 spiro atoms. The van der Waals surface area contributed by atoms with Crippen molar-refractivity contribution in [3.63, 3.8) is 0 Å². The summed E-state index contributed by atoms with van der Waals surface area (Å²) in [5, 5.41) is 0. The van der Waals surface area contributed by atoms with Crippen molar-refractivity contribution in [1.29, 1.82) is 0 Å². The summed E-state index contributed by atoms with van der Waals surface area (Å²) in [5.41, 5.74) is 0. The van der Waals surface area contributed by atoms with Crippen molar-refractivity contribution in [2.75, 3.05) is 67.6 Å². The summed E-state index contributed by atoms with van der Waals surface area (Å²) in [6.45, 7) is 11.3. The van der Waals surface area contributed by atoms with E-state index in [1.54, 1.807) is 0 Å². The second-order valence-electron chi connectivity index (χ2n) is 6.21. The van der Waals surface area contributed by atoms with Gasteiger partial charge < -0.3 is 18.4 Å². The van der Waals surface area contributed by atoms with Gasteiger partial charge in [0.1, 0.15) is 26.3 Å². The molecule has 0 atom stereocenters. The quantitative estimate of drug-likeness (QED) is 0.348. The van der Waals surface area contributed by atoms with E-state index in [1.165, 1.54) is 0 Å². The van der Waals surface area contributed by atoms with Crippen molar-refractivity contribution >= 4 is 6.16 Å². The Morgan fingerprint density at radius 3 is 1.55 bits per heavy atom. The fourth-order valence-electron chi connectivity index (χ4n) is 1.68. The van der Waals surface area contributed by atoms with Crippen molar-refractivity contribution in [2.45, 2.75) is 0 Å². The molecule has 5 nitrogen and oxygen atoms in total. The van der Waals surface area contributed by atoms with Crippen molar-refractivity contribution < 1.29 is 23.2 Å². The number of quaternary nitrogens is 2. The first-order valence-electron chi connectivity index (χ1n) is 6.88. The SMILES string of the molecule is C=CC[N+](C)(C)CCOC(=O)OCC[N+](C)(C)CC=C. The molecule has 0 bridgehead atoms. The number of carbonyl (C=O) groups excluding carboxylic acids is 1. The number of rotatable bonds is 10. The number of nitrogens with zero attached hydrogens (tertiary/aromatic N) is 2. The molecule has 0 saturated heterocycles. The lowest BCUT2D eigenvalue weighted by atomic mass is 10.4. The third-order valence-electron chi connectivity index (χ3n) is 3.08. The first kappa shape index (κ1) is 18.7. The molecule has 0 aromatic carbocycles. The normalized spacial score (nSPS) is 11.8. The average molecular weight is 286 g/mol. The molecule has 0 aromatic rings. The minimum Gasteiger partial charge on any atom is -0.428 e. The molecule has 0 aliphatic carbocycles. The van der Waals surface area contributed by atoms with E-state index in [0.29, 0.717) is 13.2 Å². The van der Waals surface area contributed by atoms with Crippen molar-refractivity contribution in [3.05, 3.63) is 25.3 Å². The minimum atomic E-state index is -0.595. The number of ether oxygens (including phenoxy) is 2. The van der Waals surface area contributed by atoms with E-state index in [0.717, 1.165) is 35.1 Å². The zero-order chi connectivity index (χ0) is 15.6. The highest BCUT2D eigenvalue weighted by Crippen LogP contribution is 1.99. The van der Waals surface area contributed by atoms with Gasteiger partial charge in [0, 0.05) is 0 Å². The zero-order valence-electron chi connectivity index (χ0n) is 13.4. The largest absolute Gasteiger partial charge is 0.508 e. The van der Waals surface area contributed by atoms with E-state index < -0.39 is 6.16 Å². The van der Waals surface area contributed by atoms with E-state index in [2.05, 4.69) is 41.3 Å². The lowest BCUT2D eigenvalue weighted by molar-refractivity contribution is -0.885. The first-order valence-corrected chi connectivity index (χ1v) is 6.88. The minimum absolute atomic E-state index is 0.352. The molecule has 0 radical (unpaired) electrons. The maximum Gasteiger partial charge on any atom is 0.508 e. The molecule has 0 fully saturated rings. The highest BCUT2D eigenvalue weighted by molar-refractivity contribution is 5.59. The third-order valence-corrected chi connectivity index (χ3v) is 3.08. The number of hydrogen-bond donors (Lipinski definition) is 0. The molecule has 116 valence electrons. The van der Waals surface area contributed by atoms with Gasteiger partial charge in [-0.2, -0.15) is 0 Å². The van der Waals surface area contributed by atoms with Crippen LogP contribution in [0.5, 0.6) is 0 Å². The Kier molecular flexibility index (Phi) is 8.18. The van der Waals surface area contributed by atoms with Gasteiger partial charge in [-0.3, -0.25) is 0 Å². The van der Waals surface area contributed by atoms with E-state index in [1.807, 2.05) is 12.2 Å². The highest BCUT2D eigenvalue weighted by atomic mass is 16.7. The molecule has 20 heavy (non-hydrogen) atoms. The van der Waals surface area contributed by atoms with Gasteiger partial charge in [-0.05, 0) is 12.2 Å². The molecular weight excluding hydrogens is 256 g/mol. The summed E-state index contributed by atoms with van der Waals surface area (Å²) in [6.07, 6.45) is 3.12. The summed E-state index contributed by atoms with van der Waals surface area (Å²) in [7, 11) is 8.24. The van der Waals surface area contributed by atoms with Gasteiger partial charge in [-0.15, -0.1) is 0 Å². The fourth-order valence-corrected chi connectivity index (χ4v) is 1.68. The van der Waals surface area contributed by atoms with E-state index in [4.69, 9.17) is 9.47 Å². The van der Waals surface area contributed by atoms with E-state index in [-0.39, 0.29) is 0 Å². The Bertz CT molecular complexity index is 295. The second kappa shape index (κ2) is 8.76. The molecule has 0 aliphatic heterocycles.